The smallest absolute Gasteiger partial charge is 0.374 e. The molecule has 3 aromatic rings. The molecular formula is C15H14N2O5S. The van der Waals surface area contributed by atoms with Crippen LogP contribution < -0.4 is 0 Å². The molecule has 8 heteroatoms. The molecule has 0 radical (unpaired) electrons. The second kappa shape index (κ2) is 5.88. The van der Waals surface area contributed by atoms with Crippen molar-refractivity contribution in [2.24, 2.45) is 7.05 Å². The predicted octanol–water partition coefficient (Wildman–Crippen LogP) is 2.68. The molecule has 3 heterocycles. The van der Waals surface area contributed by atoms with Crippen LogP contribution in [0.4, 0.5) is 0 Å². The van der Waals surface area contributed by atoms with Gasteiger partial charge in [0.15, 0.2) is 0 Å². The van der Waals surface area contributed by atoms with Crippen molar-refractivity contribution in [1.29, 1.82) is 0 Å². The Morgan fingerprint density at radius 1 is 1.39 bits per heavy atom. The number of methoxy groups -OCH3 is 1. The summed E-state index contributed by atoms with van der Waals surface area (Å²) in [7, 11) is 3.09. The number of carbonyl (C=O) groups excluding carboxylic acids is 2. The molecule has 0 saturated carbocycles. The molecule has 0 fully saturated rings. The number of thiophene rings is 1. The van der Waals surface area contributed by atoms with Crippen LogP contribution in [0.15, 0.2) is 22.8 Å². The van der Waals surface area contributed by atoms with Crippen molar-refractivity contribution >= 4 is 33.5 Å². The van der Waals surface area contributed by atoms with Crippen LogP contribution >= 0.6 is 11.3 Å². The van der Waals surface area contributed by atoms with Gasteiger partial charge in [0.2, 0.25) is 5.76 Å². The first-order valence-electron chi connectivity index (χ1n) is 6.76. The van der Waals surface area contributed by atoms with Crippen molar-refractivity contribution in [2.45, 2.75) is 13.5 Å². The fraction of sp³-hybridized carbons (Fsp3) is 0.267. The summed E-state index contributed by atoms with van der Waals surface area (Å²) in [4.78, 5) is 25.1. The molecular weight excluding hydrogens is 320 g/mol. The van der Waals surface area contributed by atoms with Crippen molar-refractivity contribution in [3.8, 4) is 0 Å². The number of aromatic nitrogens is 2. The summed E-state index contributed by atoms with van der Waals surface area (Å²) in [5, 5.41) is 5.22. The standard InChI is InChI=1S/C15H14N2O5S/c1-8-10-6-11(23-13(10)17(2)16-8)14(18)22-7-9-4-5-21-12(9)15(19)20-3/h4-6H,7H2,1-3H3. The van der Waals surface area contributed by atoms with E-state index in [-0.39, 0.29) is 12.4 Å². The zero-order chi connectivity index (χ0) is 16.6. The minimum Gasteiger partial charge on any atom is -0.463 e. The van der Waals surface area contributed by atoms with Gasteiger partial charge in [-0.05, 0) is 19.1 Å². The van der Waals surface area contributed by atoms with Gasteiger partial charge in [0, 0.05) is 18.0 Å². The Kier molecular flexibility index (Phi) is 3.91. The van der Waals surface area contributed by atoms with Gasteiger partial charge in [-0.15, -0.1) is 11.3 Å². The molecule has 0 aromatic carbocycles. The van der Waals surface area contributed by atoms with Crippen LogP contribution in [0.1, 0.15) is 31.5 Å². The average molecular weight is 334 g/mol. The molecule has 23 heavy (non-hydrogen) atoms. The molecule has 7 nitrogen and oxygen atoms in total. The Bertz CT molecular complexity index is 855. The fourth-order valence-corrected chi connectivity index (χ4v) is 3.26. The number of ether oxygens (including phenoxy) is 2. The van der Waals surface area contributed by atoms with Gasteiger partial charge >= 0.3 is 11.9 Å². The second-order valence-corrected chi connectivity index (χ2v) is 5.91. The Hall–Kier alpha value is -2.61. The van der Waals surface area contributed by atoms with Gasteiger partial charge in [0.1, 0.15) is 16.3 Å². The van der Waals surface area contributed by atoms with Crippen LogP contribution in [0.3, 0.4) is 0 Å². The van der Waals surface area contributed by atoms with E-state index in [1.807, 2.05) is 14.0 Å². The zero-order valence-corrected chi connectivity index (χ0v) is 13.6. The highest BCUT2D eigenvalue weighted by Crippen LogP contribution is 2.28. The first-order valence-corrected chi connectivity index (χ1v) is 7.58. The van der Waals surface area contributed by atoms with Crippen LogP contribution in [-0.2, 0) is 23.1 Å². The maximum absolute atomic E-state index is 12.2. The highest BCUT2D eigenvalue weighted by atomic mass is 32.1. The Balaban J connectivity index is 1.75. The van der Waals surface area contributed by atoms with Crippen molar-refractivity contribution in [1.82, 2.24) is 9.78 Å². The topological polar surface area (TPSA) is 83.6 Å². The molecule has 120 valence electrons. The van der Waals surface area contributed by atoms with E-state index < -0.39 is 11.9 Å². The number of hydrogen-bond donors (Lipinski definition) is 0. The first-order chi connectivity index (χ1) is 11.0. The average Bonchev–Trinajstić information content (AvgIpc) is 3.22. The minimum atomic E-state index is -0.607. The van der Waals surface area contributed by atoms with Gasteiger partial charge in [-0.3, -0.25) is 4.68 Å². The fourth-order valence-electron chi connectivity index (χ4n) is 2.24. The Morgan fingerprint density at radius 2 is 2.17 bits per heavy atom. The van der Waals surface area contributed by atoms with Crippen molar-refractivity contribution in [3.05, 3.63) is 40.3 Å². The van der Waals surface area contributed by atoms with E-state index in [4.69, 9.17) is 9.15 Å². The number of hydrogen-bond acceptors (Lipinski definition) is 7. The quantitative estimate of drug-likeness (QED) is 0.682. The molecule has 0 unspecified atom stereocenters. The van der Waals surface area contributed by atoms with Crippen LogP contribution in [0.25, 0.3) is 10.2 Å². The third-order valence-electron chi connectivity index (χ3n) is 3.37. The van der Waals surface area contributed by atoms with Crippen molar-refractivity contribution < 1.29 is 23.5 Å². The van der Waals surface area contributed by atoms with E-state index in [2.05, 4.69) is 9.84 Å². The predicted molar refractivity (Wildman–Crippen MR) is 82.5 cm³/mol. The van der Waals surface area contributed by atoms with E-state index in [1.54, 1.807) is 16.8 Å². The monoisotopic (exact) mass is 334 g/mol. The normalized spacial score (nSPS) is 10.9. The van der Waals surface area contributed by atoms with E-state index >= 15 is 0 Å². The van der Waals surface area contributed by atoms with Crippen LogP contribution in [-0.4, -0.2) is 28.8 Å². The largest absolute Gasteiger partial charge is 0.463 e. The van der Waals surface area contributed by atoms with Gasteiger partial charge in [-0.2, -0.15) is 5.10 Å². The summed E-state index contributed by atoms with van der Waals surface area (Å²) in [5.41, 5.74) is 1.32. The molecule has 3 aromatic heterocycles. The summed E-state index contributed by atoms with van der Waals surface area (Å²) in [6.07, 6.45) is 1.35. The molecule has 0 aliphatic carbocycles. The number of esters is 2. The SMILES string of the molecule is COC(=O)c1occc1COC(=O)c1cc2c(C)nn(C)c2s1. The van der Waals surface area contributed by atoms with E-state index in [0.717, 1.165) is 15.9 Å². The number of aryl methyl sites for hydroxylation is 2. The van der Waals surface area contributed by atoms with Gasteiger partial charge in [0.05, 0.1) is 19.1 Å². The van der Waals surface area contributed by atoms with Gasteiger partial charge in [-0.1, -0.05) is 0 Å². The third-order valence-corrected chi connectivity index (χ3v) is 4.56. The molecule has 0 aliphatic rings. The molecule has 0 atom stereocenters. The Labute approximate surface area is 135 Å². The van der Waals surface area contributed by atoms with E-state index in [9.17, 15) is 9.59 Å². The second-order valence-electron chi connectivity index (χ2n) is 4.88. The van der Waals surface area contributed by atoms with Gasteiger partial charge < -0.3 is 13.9 Å². The maximum Gasteiger partial charge on any atom is 0.374 e. The molecule has 0 aliphatic heterocycles. The van der Waals surface area contributed by atoms with Gasteiger partial charge in [-0.25, -0.2) is 9.59 Å². The molecule has 0 bridgehead atoms. The van der Waals surface area contributed by atoms with Gasteiger partial charge in [0.25, 0.3) is 0 Å². The van der Waals surface area contributed by atoms with Crippen molar-refractivity contribution in [3.63, 3.8) is 0 Å². The third kappa shape index (κ3) is 2.72. The summed E-state index contributed by atoms with van der Waals surface area (Å²) in [5.74, 6) is -1.02. The van der Waals surface area contributed by atoms with Crippen LogP contribution in [0.5, 0.6) is 0 Å². The molecule has 0 spiro atoms. The lowest BCUT2D eigenvalue weighted by Gasteiger charge is -2.03. The molecule has 0 amide bonds. The number of carbonyl (C=O) groups is 2. The zero-order valence-electron chi connectivity index (χ0n) is 12.8. The van der Waals surface area contributed by atoms with Crippen LogP contribution in [0.2, 0.25) is 0 Å². The van der Waals surface area contributed by atoms with E-state index in [0.29, 0.717) is 10.4 Å². The minimum absolute atomic E-state index is 0.0386. The summed E-state index contributed by atoms with van der Waals surface area (Å²) >= 11 is 1.32. The number of rotatable bonds is 4. The molecule has 0 saturated heterocycles. The summed E-state index contributed by atoms with van der Waals surface area (Å²) in [6.45, 7) is 1.82. The number of fused-ring (bicyclic) bond motifs is 1. The highest BCUT2D eigenvalue weighted by Gasteiger charge is 2.19. The van der Waals surface area contributed by atoms with Crippen molar-refractivity contribution in [2.75, 3.05) is 7.11 Å². The molecule has 3 rings (SSSR count). The lowest BCUT2D eigenvalue weighted by Crippen LogP contribution is -2.07. The molecule has 0 N–H and O–H groups in total. The van der Waals surface area contributed by atoms with E-state index in [1.165, 1.54) is 24.7 Å². The lowest BCUT2D eigenvalue weighted by atomic mass is 10.2. The summed E-state index contributed by atoms with van der Waals surface area (Å²) < 4.78 is 16.6. The lowest BCUT2D eigenvalue weighted by molar-refractivity contribution is 0.0458. The highest BCUT2D eigenvalue weighted by molar-refractivity contribution is 7.20. The Morgan fingerprint density at radius 3 is 2.87 bits per heavy atom. The number of nitrogens with zero attached hydrogens (tertiary/aromatic N) is 2. The maximum atomic E-state index is 12.2. The van der Waals surface area contributed by atoms with Crippen LogP contribution in [0, 0.1) is 6.92 Å². The number of furan rings is 1. The summed E-state index contributed by atoms with van der Waals surface area (Å²) in [6, 6.07) is 3.33. The first kappa shape index (κ1) is 15.3.